The molecule has 3 aromatic heterocycles. The molecule has 0 aliphatic heterocycles. The monoisotopic (exact) mass is 348 g/mol. The van der Waals surface area contributed by atoms with E-state index in [0.29, 0.717) is 11.0 Å². The maximum atomic E-state index is 12.1. The molecule has 3 heterocycles. The molecule has 3 rings (SSSR count). The van der Waals surface area contributed by atoms with Gasteiger partial charge in [0.1, 0.15) is 5.69 Å². The molecule has 0 bridgehead atoms. The van der Waals surface area contributed by atoms with E-state index in [2.05, 4.69) is 30.8 Å². The van der Waals surface area contributed by atoms with E-state index in [9.17, 15) is 9.59 Å². The van der Waals surface area contributed by atoms with Gasteiger partial charge < -0.3 is 5.32 Å². The number of anilines is 2. The zero-order valence-corrected chi connectivity index (χ0v) is 13.8. The Hall–Kier alpha value is -2.59. The molecule has 0 atom stereocenters. The number of hydrogen-bond acceptors (Lipinski definition) is 7. The van der Waals surface area contributed by atoms with Gasteiger partial charge in [-0.05, 0) is 19.1 Å². The highest BCUT2D eigenvalue weighted by atomic mass is 32.1. The number of H-pyrrole nitrogens is 1. The topological polar surface area (TPSA) is 113 Å². The van der Waals surface area contributed by atoms with E-state index in [1.54, 1.807) is 16.7 Å². The largest absolute Gasteiger partial charge is 0.302 e. The fourth-order valence-electron chi connectivity index (χ4n) is 1.74. The van der Waals surface area contributed by atoms with Crippen LogP contribution in [0.5, 0.6) is 0 Å². The van der Waals surface area contributed by atoms with Crippen molar-refractivity contribution < 1.29 is 9.59 Å². The molecule has 3 N–H and O–H groups in total. The summed E-state index contributed by atoms with van der Waals surface area (Å²) in [6.07, 6.45) is 0. The Kier molecular flexibility index (Phi) is 4.17. The molecular weight excluding hydrogens is 336 g/mol. The normalized spacial score (nSPS) is 10.5. The van der Waals surface area contributed by atoms with Crippen molar-refractivity contribution in [2.75, 3.05) is 10.6 Å². The first kappa shape index (κ1) is 15.3. The van der Waals surface area contributed by atoms with Crippen molar-refractivity contribution in [2.24, 2.45) is 0 Å². The lowest BCUT2D eigenvalue weighted by Crippen LogP contribution is -2.14. The van der Waals surface area contributed by atoms with Crippen LogP contribution < -0.4 is 10.6 Å². The summed E-state index contributed by atoms with van der Waals surface area (Å²) in [6, 6.07) is 3.92. The van der Waals surface area contributed by atoms with Crippen LogP contribution in [-0.4, -0.2) is 32.0 Å². The highest BCUT2D eigenvalue weighted by Crippen LogP contribution is 2.25. The van der Waals surface area contributed by atoms with Crippen molar-refractivity contribution in [3.05, 3.63) is 28.1 Å². The van der Waals surface area contributed by atoms with E-state index >= 15 is 0 Å². The first-order valence-electron chi connectivity index (χ1n) is 6.55. The average Bonchev–Trinajstić information content (AvgIpc) is 3.19. The van der Waals surface area contributed by atoms with Gasteiger partial charge in [0.2, 0.25) is 11.9 Å². The van der Waals surface area contributed by atoms with Gasteiger partial charge >= 0.3 is 0 Å². The van der Waals surface area contributed by atoms with Crippen molar-refractivity contribution in [3.8, 4) is 10.7 Å². The zero-order chi connectivity index (χ0) is 16.4. The molecule has 0 unspecified atom stereocenters. The van der Waals surface area contributed by atoms with Crippen molar-refractivity contribution >= 4 is 45.6 Å². The number of thiophene rings is 1. The second kappa shape index (κ2) is 6.26. The molecule has 0 saturated heterocycles. The summed E-state index contributed by atoms with van der Waals surface area (Å²) >= 11 is 2.75. The molecule has 0 aliphatic carbocycles. The third-order valence-corrected chi connectivity index (χ3v) is 4.47. The molecule has 0 spiro atoms. The molecule has 0 aromatic carbocycles. The van der Waals surface area contributed by atoms with Crippen LogP contribution in [0, 0.1) is 6.92 Å². The number of aromatic amines is 1. The molecule has 118 valence electrons. The van der Waals surface area contributed by atoms with Crippen molar-refractivity contribution in [3.63, 3.8) is 0 Å². The van der Waals surface area contributed by atoms with Gasteiger partial charge in [0.15, 0.2) is 11.0 Å². The molecule has 8 nitrogen and oxygen atoms in total. The highest BCUT2D eigenvalue weighted by molar-refractivity contribution is 7.15. The SMILES string of the molecule is CC(=O)Nc1nc(C(=O)Nc2n[nH]c(-c3ccc(C)s3)n2)cs1. The van der Waals surface area contributed by atoms with E-state index in [0.717, 1.165) is 9.75 Å². The average molecular weight is 348 g/mol. The fraction of sp³-hybridized carbons (Fsp3) is 0.154. The molecule has 0 radical (unpaired) electrons. The lowest BCUT2D eigenvalue weighted by Gasteiger charge is -1.96. The minimum atomic E-state index is -0.439. The Morgan fingerprint density at radius 3 is 2.74 bits per heavy atom. The number of nitrogens with zero attached hydrogens (tertiary/aromatic N) is 3. The maximum absolute atomic E-state index is 12.1. The summed E-state index contributed by atoms with van der Waals surface area (Å²) in [5.41, 5.74) is 0.192. The minimum absolute atomic E-state index is 0.171. The van der Waals surface area contributed by atoms with E-state index < -0.39 is 5.91 Å². The van der Waals surface area contributed by atoms with Crippen molar-refractivity contribution in [1.82, 2.24) is 20.2 Å². The standard InChI is InChI=1S/C13H12N6O2S2/c1-6-3-4-9(23-6)10-16-12(19-18-10)17-11(21)8-5-22-13(15-8)14-7(2)20/h3-5H,1-2H3,(H,14,15,20)(H2,16,17,18,19,21). The zero-order valence-electron chi connectivity index (χ0n) is 12.2. The lowest BCUT2D eigenvalue weighted by atomic mass is 10.4. The number of aromatic nitrogens is 4. The van der Waals surface area contributed by atoms with Crippen molar-refractivity contribution in [2.45, 2.75) is 13.8 Å². The van der Waals surface area contributed by atoms with Crippen LogP contribution in [0.15, 0.2) is 17.5 Å². The van der Waals surface area contributed by atoms with Crippen LogP contribution >= 0.6 is 22.7 Å². The fourth-order valence-corrected chi connectivity index (χ4v) is 3.29. The molecule has 10 heteroatoms. The number of amides is 2. The highest BCUT2D eigenvalue weighted by Gasteiger charge is 2.15. The summed E-state index contributed by atoms with van der Waals surface area (Å²) in [6.45, 7) is 3.38. The second-order valence-corrected chi connectivity index (χ2v) is 6.74. The number of aryl methyl sites for hydroxylation is 1. The number of rotatable bonds is 4. The van der Waals surface area contributed by atoms with Gasteiger partial charge in [-0.25, -0.2) is 4.98 Å². The van der Waals surface area contributed by atoms with Crippen molar-refractivity contribution in [1.29, 1.82) is 0 Å². The first-order chi connectivity index (χ1) is 11.0. The maximum Gasteiger partial charge on any atom is 0.277 e. The van der Waals surface area contributed by atoms with E-state index in [4.69, 9.17) is 0 Å². The van der Waals surface area contributed by atoms with Crippen LogP contribution in [0.25, 0.3) is 10.7 Å². The van der Waals surface area contributed by atoms with Gasteiger partial charge in [-0.3, -0.25) is 20.0 Å². The number of carbonyl (C=O) groups is 2. The Bertz CT molecular complexity index is 865. The number of nitrogens with one attached hydrogen (secondary N) is 3. The van der Waals surface area contributed by atoms with Crippen LogP contribution in [0.4, 0.5) is 11.1 Å². The summed E-state index contributed by atoms with van der Waals surface area (Å²) < 4.78 is 0. The van der Waals surface area contributed by atoms with Crippen LogP contribution in [0.3, 0.4) is 0 Å². The molecule has 0 saturated carbocycles. The Morgan fingerprint density at radius 1 is 1.22 bits per heavy atom. The molecule has 3 aromatic rings. The third-order valence-electron chi connectivity index (χ3n) is 2.70. The van der Waals surface area contributed by atoms with Gasteiger partial charge in [0.25, 0.3) is 5.91 Å². The predicted molar refractivity (Wildman–Crippen MR) is 88.8 cm³/mol. The summed E-state index contributed by atoms with van der Waals surface area (Å²) in [5.74, 6) is 0.0858. The lowest BCUT2D eigenvalue weighted by molar-refractivity contribution is -0.114. The number of carbonyl (C=O) groups excluding carboxylic acids is 2. The van der Waals surface area contributed by atoms with Crippen LogP contribution in [0.1, 0.15) is 22.3 Å². The van der Waals surface area contributed by atoms with E-state index in [1.807, 2.05) is 19.1 Å². The molecule has 0 fully saturated rings. The molecule has 23 heavy (non-hydrogen) atoms. The molecular formula is C13H12N6O2S2. The predicted octanol–water partition coefficient (Wildman–Crippen LogP) is 2.51. The molecule has 2 amide bonds. The van der Waals surface area contributed by atoms with Gasteiger partial charge in [0.05, 0.1) is 4.88 Å². The minimum Gasteiger partial charge on any atom is -0.302 e. The van der Waals surface area contributed by atoms with E-state index in [-0.39, 0.29) is 17.5 Å². The van der Waals surface area contributed by atoms with E-state index in [1.165, 1.54) is 18.3 Å². The molecule has 0 aliphatic rings. The number of hydrogen-bond donors (Lipinski definition) is 3. The second-order valence-electron chi connectivity index (χ2n) is 4.59. The van der Waals surface area contributed by atoms with Gasteiger partial charge in [-0.1, -0.05) is 0 Å². The Balaban J connectivity index is 1.69. The first-order valence-corrected chi connectivity index (χ1v) is 8.24. The Morgan fingerprint density at radius 2 is 2.04 bits per heavy atom. The number of thiazole rings is 1. The third kappa shape index (κ3) is 3.60. The smallest absolute Gasteiger partial charge is 0.277 e. The van der Waals surface area contributed by atoms with Gasteiger partial charge in [0, 0.05) is 17.2 Å². The Labute approximate surface area is 139 Å². The van der Waals surface area contributed by atoms with Gasteiger partial charge in [-0.2, -0.15) is 4.98 Å². The summed E-state index contributed by atoms with van der Waals surface area (Å²) in [7, 11) is 0. The summed E-state index contributed by atoms with van der Waals surface area (Å²) in [4.78, 5) is 33.4. The quantitative estimate of drug-likeness (QED) is 0.670. The van der Waals surface area contributed by atoms with Gasteiger partial charge in [-0.15, -0.1) is 27.8 Å². The summed E-state index contributed by atoms with van der Waals surface area (Å²) in [5, 5.41) is 13.8. The van der Waals surface area contributed by atoms with Crippen LogP contribution in [0.2, 0.25) is 0 Å². The van der Waals surface area contributed by atoms with Crippen LogP contribution in [-0.2, 0) is 4.79 Å².